The number of carbonyl (C=O) groups is 2. The van der Waals surface area contributed by atoms with Gasteiger partial charge in [-0.3, -0.25) is 14.9 Å². The Labute approximate surface area is 126 Å². The maximum atomic E-state index is 11.7. The van der Waals surface area contributed by atoms with Gasteiger partial charge in [-0.25, -0.2) is 4.79 Å². The molecule has 1 rings (SSSR count). The quantitative estimate of drug-likeness (QED) is 0.213. The second kappa shape index (κ2) is 7.21. The Kier molecular flexibility index (Phi) is 5.62. The second-order valence-electron chi connectivity index (χ2n) is 4.18. The zero-order chi connectivity index (χ0) is 16.9. The van der Waals surface area contributed by atoms with Gasteiger partial charge >= 0.3 is 11.7 Å². The number of aromatic hydroxyl groups is 1. The lowest BCUT2D eigenvalue weighted by atomic mass is 10.1. The Balaban J connectivity index is 3.44. The number of carbonyl (C=O) groups excluding carboxylic acids is 2. The fourth-order valence-electron chi connectivity index (χ4n) is 1.67. The Morgan fingerprint density at radius 2 is 2.05 bits per heavy atom. The third kappa shape index (κ3) is 3.81. The van der Waals surface area contributed by atoms with E-state index in [4.69, 9.17) is 9.47 Å². The zero-order valence-corrected chi connectivity index (χ0v) is 12.3. The minimum absolute atomic E-state index is 0.0858. The second-order valence-corrected chi connectivity index (χ2v) is 4.18. The number of nitrogens with zero attached hydrogens (tertiary/aromatic N) is 1. The van der Waals surface area contributed by atoms with Crippen LogP contribution in [0, 0.1) is 10.1 Å². The van der Waals surface area contributed by atoms with E-state index in [1.807, 2.05) is 0 Å². The molecule has 1 aromatic carbocycles. The number of hydrogen-bond acceptors (Lipinski definition) is 7. The van der Waals surface area contributed by atoms with Gasteiger partial charge in [0.15, 0.2) is 11.5 Å². The lowest BCUT2D eigenvalue weighted by molar-refractivity contribution is -0.386. The molecule has 0 fully saturated rings. The third-order valence-corrected chi connectivity index (χ3v) is 2.68. The highest BCUT2D eigenvalue weighted by Gasteiger charge is 2.21. The topological polar surface area (TPSA) is 116 Å². The Hall–Kier alpha value is -2.90. The van der Waals surface area contributed by atoms with Crippen LogP contribution in [0.5, 0.6) is 11.5 Å². The summed E-state index contributed by atoms with van der Waals surface area (Å²) < 4.78 is 9.59. The molecule has 0 bridgehead atoms. The van der Waals surface area contributed by atoms with Crippen molar-refractivity contribution in [2.24, 2.45) is 0 Å². The lowest BCUT2D eigenvalue weighted by Gasteiger charge is -2.07. The molecule has 0 unspecified atom stereocenters. The number of hydrogen-bond donors (Lipinski definition) is 1. The van der Waals surface area contributed by atoms with E-state index in [-0.39, 0.29) is 23.5 Å². The fourth-order valence-corrected chi connectivity index (χ4v) is 1.67. The molecule has 22 heavy (non-hydrogen) atoms. The summed E-state index contributed by atoms with van der Waals surface area (Å²) in [6.07, 6.45) is 1.15. The summed E-state index contributed by atoms with van der Waals surface area (Å²) in [6.45, 7) is 2.85. The molecule has 0 aliphatic rings. The molecule has 0 amide bonds. The van der Waals surface area contributed by atoms with E-state index in [2.05, 4.69) is 0 Å². The normalized spacial score (nSPS) is 11.0. The zero-order valence-electron chi connectivity index (χ0n) is 12.3. The number of rotatable bonds is 6. The molecular formula is C14H15NO7. The summed E-state index contributed by atoms with van der Waals surface area (Å²) in [5.74, 6) is -2.16. The first-order valence-electron chi connectivity index (χ1n) is 6.26. The fraction of sp³-hybridized carbons (Fsp3) is 0.286. The van der Waals surface area contributed by atoms with Crippen LogP contribution in [0.2, 0.25) is 0 Å². The summed E-state index contributed by atoms with van der Waals surface area (Å²) in [6, 6.07) is 2.30. The van der Waals surface area contributed by atoms with E-state index in [0.717, 1.165) is 12.1 Å². The van der Waals surface area contributed by atoms with Crippen LogP contribution in [0.1, 0.15) is 19.4 Å². The maximum absolute atomic E-state index is 11.7. The molecule has 8 heteroatoms. The van der Waals surface area contributed by atoms with Gasteiger partial charge in [-0.2, -0.15) is 0 Å². The van der Waals surface area contributed by atoms with Gasteiger partial charge in [-0.15, -0.1) is 0 Å². The van der Waals surface area contributed by atoms with Crippen molar-refractivity contribution in [3.63, 3.8) is 0 Å². The molecule has 0 atom stereocenters. The first kappa shape index (κ1) is 17.2. The van der Waals surface area contributed by atoms with E-state index >= 15 is 0 Å². The van der Waals surface area contributed by atoms with Gasteiger partial charge in [0.1, 0.15) is 5.57 Å². The number of nitro benzene ring substituents is 1. The molecule has 118 valence electrons. The molecule has 8 nitrogen and oxygen atoms in total. The number of phenolic OH excluding ortho intramolecular Hbond substituents is 1. The van der Waals surface area contributed by atoms with Gasteiger partial charge in [0, 0.05) is 6.07 Å². The van der Waals surface area contributed by atoms with Crippen molar-refractivity contribution in [1.29, 1.82) is 0 Å². The highest BCUT2D eigenvalue weighted by molar-refractivity contribution is 6.19. The maximum Gasteiger partial charge on any atom is 0.341 e. The molecule has 0 saturated heterocycles. The highest BCUT2D eigenvalue weighted by Crippen LogP contribution is 2.37. The SMILES string of the molecule is CCOC(=O)C(=Cc1cc(OC)c(O)c([N+](=O)[O-])c1)C(C)=O. The number of ether oxygens (including phenoxy) is 2. The van der Waals surface area contributed by atoms with Gasteiger partial charge in [-0.1, -0.05) is 0 Å². The van der Waals surface area contributed by atoms with Crippen molar-refractivity contribution in [3.8, 4) is 11.5 Å². The monoisotopic (exact) mass is 309 g/mol. The Bertz CT molecular complexity index is 649. The summed E-state index contributed by atoms with van der Waals surface area (Å²) >= 11 is 0. The molecule has 0 aromatic heterocycles. The van der Waals surface area contributed by atoms with Crippen LogP contribution in [0.4, 0.5) is 5.69 Å². The van der Waals surface area contributed by atoms with Crippen LogP contribution in [0.3, 0.4) is 0 Å². The van der Waals surface area contributed by atoms with Gasteiger partial charge < -0.3 is 14.6 Å². The molecule has 0 spiro atoms. The molecule has 0 radical (unpaired) electrons. The molecule has 0 aliphatic heterocycles. The summed E-state index contributed by atoms with van der Waals surface area (Å²) in [5.41, 5.74) is -0.708. The van der Waals surface area contributed by atoms with E-state index in [1.165, 1.54) is 20.1 Å². The van der Waals surface area contributed by atoms with Crippen molar-refractivity contribution in [2.75, 3.05) is 13.7 Å². The molecule has 1 N–H and O–H groups in total. The molecule has 1 aromatic rings. The largest absolute Gasteiger partial charge is 0.500 e. The van der Waals surface area contributed by atoms with Crippen molar-refractivity contribution in [2.45, 2.75) is 13.8 Å². The molecule has 0 aliphatic carbocycles. The standard InChI is InChI=1S/C14H15NO7/c1-4-22-14(18)10(8(2)16)5-9-6-11(15(19)20)13(17)12(7-9)21-3/h5-7,17H,4H2,1-3H3. The van der Waals surface area contributed by atoms with E-state index in [0.29, 0.717) is 0 Å². The first-order chi connectivity index (χ1) is 10.3. The average Bonchev–Trinajstić information content (AvgIpc) is 2.45. The van der Waals surface area contributed by atoms with E-state index in [9.17, 15) is 24.8 Å². The van der Waals surface area contributed by atoms with Gasteiger partial charge in [0.2, 0.25) is 5.75 Å². The number of benzene rings is 1. The van der Waals surface area contributed by atoms with Crippen LogP contribution in [0.15, 0.2) is 17.7 Å². The Morgan fingerprint density at radius 1 is 1.41 bits per heavy atom. The minimum atomic E-state index is -0.829. The van der Waals surface area contributed by atoms with Crippen LogP contribution < -0.4 is 4.74 Å². The van der Waals surface area contributed by atoms with Crippen molar-refractivity contribution < 1.29 is 29.1 Å². The number of phenols is 1. The third-order valence-electron chi connectivity index (χ3n) is 2.68. The van der Waals surface area contributed by atoms with Crippen LogP contribution >= 0.6 is 0 Å². The predicted octanol–water partition coefficient (Wildman–Crippen LogP) is 1.84. The number of ketones is 1. The van der Waals surface area contributed by atoms with Crippen molar-refractivity contribution in [1.82, 2.24) is 0 Å². The van der Waals surface area contributed by atoms with Crippen molar-refractivity contribution >= 4 is 23.5 Å². The van der Waals surface area contributed by atoms with Crippen LogP contribution in [-0.4, -0.2) is 35.5 Å². The predicted molar refractivity (Wildman–Crippen MR) is 76.6 cm³/mol. The lowest BCUT2D eigenvalue weighted by Crippen LogP contribution is -2.13. The number of esters is 1. The number of nitro groups is 1. The molecule has 0 heterocycles. The average molecular weight is 309 g/mol. The minimum Gasteiger partial charge on any atom is -0.500 e. The van der Waals surface area contributed by atoms with Crippen LogP contribution in [0.25, 0.3) is 6.08 Å². The first-order valence-corrected chi connectivity index (χ1v) is 6.26. The number of methoxy groups -OCH3 is 1. The Morgan fingerprint density at radius 3 is 2.50 bits per heavy atom. The summed E-state index contributed by atoms with van der Waals surface area (Å²) in [7, 11) is 1.23. The smallest absolute Gasteiger partial charge is 0.341 e. The van der Waals surface area contributed by atoms with Gasteiger partial charge in [0.25, 0.3) is 0 Å². The van der Waals surface area contributed by atoms with Gasteiger partial charge in [-0.05, 0) is 31.6 Å². The van der Waals surface area contributed by atoms with Crippen LogP contribution in [-0.2, 0) is 14.3 Å². The van der Waals surface area contributed by atoms with Gasteiger partial charge in [0.05, 0.1) is 18.6 Å². The summed E-state index contributed by atoms with van der Waals surface area (Å²) in [5, 5.41) is 20.6. The van der Waals surface area contributed by atoms with E-state index < -0.39 is 28.1 Å². The van der Waals surface area contributed by atoms with E-state index in [1.54, 1.807) is 6.92 Å². The molecule has 0 saturated carbocycles. The number of Topliss-reactive ketones (excluding diaryl/α,β-unsaturated/α-hetero) is 1. The highest BCUT2D eigenvalue weighted by atomic mass is 16.6. The summed E-state index contributed by atoms with van der Waals surface area (Å²) in [4.78, 5) is 33.3. The van der Waals surface area contributed by atoms with Crippen molar-refractivity contribution in [3.05, 3.63) is 33.4 Å². The molecular weight excluding hydrogens is 294 g/mol.